The quantitative estimate of drug-likeness (QED) is 0.198. The summed E-state index contributed by atoms with van der Waals surface area (Å²) in [7, 11) is 0. The molecule has 0 aromatic heterocycles. The normalized spacial score (nSPS) is 9.45. The topological polar surface area (TPSA) is 138 Å². The van der Waals surface area contributed by atoms with Gasteiger partial charge in [-0.05, 0) is 0 Å². The molecule has 0 fully saturated rings. The molecule has 60 valence electrons. The molecule has 0 saturated carbocycles. The number of hydrogen-bond donors (Lipinski definition) is 1. The van der Waals surface area contributed by atoms with Gasteiger partial charge in [-0.3, -0.25) is 20.2 Å². The van der Waals surface area contributed by atoms with Crippen LogP contribution in [0.2, 0.25) is 0 Å². The first-order valence-corrected chi connectivity index (χ1v) is 2.07. The highest BCUT2D eigenvalue weighted by Gasteiger charge is 2.24. The summed E-state index contributed by atoms with van der Waals surface area (Å²) in [4.78, 5) is 19.4. The maximum Gasteiger partial charge on any atom is 0.318 e. The van der Waals surface area contributed by atoms with Gasteiger partial charge < -0.3 is 0 Å². The molecule has 0 heterocycles. The Hall–Kier alpha value is -2.13. The van der Waals surface area contributed by atoms with Crippen LogP contribution in [0.25, 0.3) is 0 Å². The van der Waals surface area contributed by atoms with E-state index >= 15 is 0 Å². The molecule has 0 unspecified atom stereocenters. The SMILES string of the molecule is N=NC=NN([N+](=O)[O-])[N+](=O)[O-]. The monoisotopic (exact) mass is 162 g/mol. The molecule has 10 nitrogen and oxygen atoms in total. The number of nitro groups is 2. The van der Waals surface area contributed by atoms with Crippen LogP contribution in [-0.4, -0.2) is 21.6 Å². The van der Waals surface area contributed by atoms with Crippen molar-refractivity contribution in [2.24, 2.45) is 10.2 Å². The average Bonchev–Trinajstić information content (AvgIpc) is 1.87. The highest BCUT2D eigenvalue weighted by atomic mass is 16.8. The predicted molar refractivity (Wildman–Crippen MR) is 29.5 cm³/mol. The molecular formula is CH2N6O4. The Balaban J connectivity index is 4.35. The summed E-state index contributed by atoms with van der Waals surface area (Å²) >= 11 is 0. The molecule has 10 heteroatoms. The highest BCUT2D eigenvalue weighted by Crippen LogP contribution is 1.87. The fourth-order valence-electron chi connectivity index (χ4n) is 0.216. The van der Waals surface area contributed by atoms with Crippen LogP contribution in [0.5, 0.6) is 0 Å². The van der Waals surface area contributed by atoms with Gasteiger partial charge in [-0.25, -0.2) is 5.53 Å². The van der Waals surface area contributed by atoms with E-state index in [9.17, 15) is 20.2 Å². The van der Waals surface area contributed by atoms with Crippen LogP contribution in [0.3, 0.4) is 0 Å². The van der Waals surface area contributed by atoms with Gasteiger partial charge in [-0.1, -0.05) is 0 Å². The Bertz CT molecular complexity index is 195. The Kier molecular flexibility index (Phi) is 3.07. The van der Waals surface area contributed by atoms with Gasteiger partial charge in [0.1, 0.15) is 0 Å². The minimum absolute atomic E-state index is 0.367. The zero-order chi connectivity index (χ0) is 8.85. The number of hydrazone groups is 1. The number of nitrogens with zero attached hydrogens (tertiary/aromatic N) is 5. The van der Waals surface area contributed by atoms with E-state index in [1.807, 2.05) is 0 Å². The zero-order valence-electron chi connectivity index (χ0n) is 4.95. The maximum absolute atomic E-state index is 9.72. The van der Waals surface area contributed by atoms with E-state index in [0.717, 1.165) is 0 Å². The molecule has 0 aromatic rings. The van der Waals surface area contributed by atoms with Gasteiger partial charge in [0.25, 0.3) is 0 Å². The Morgan fingerprint density at radius 1 is 1.36 bits per heavy atom. The minimum Gasteiger partial charge on any atom is -0.300 e. The first-order valence-electron chi connectivity index (χ1n) is 2.07. The van der Waals surface area contributed by atoms with E-state index in [1.54, 1.807) is 0 Å². The van der Waals surface area contributed by atoms with Crippen LogP contribution in [0, 0.1) is 25.8 Å². The van der Waals surface area contributed by atoms with Crippen LogP contribution < -0.4 is 0 Å². The van der Waals surface area contributed by atoms with E-state index in [-0.39, 0.29) is 0 Å². The summed E-state index contributed by atoms with van der Waals surface area (Å²) in [5.41, 5.74) is 6.08. The van der Waals surface area contributed by atoms with Gasteiger partial charge >= 0.3 is 11.6 Å². The average molecular weight is 162 g/mol. The largest absolute Gasteiger partial charge is 0.318 e. The molecule has 0 rings (SSSR count). The van der Waals surface area contributed by atoms with Crippen molar-refractivity contribution in [2.75, 3.05) is 0 Å². The molecule has 0 aliphatic carbocycles. The lowest BCUT2D eigenvalue weighted by molar-refractivity contribution is -0.909. The first-order chi connectivity index (χ1) is 5.09. The van der Waals surface area contributed by atoms with E-state index < -0.39 is 15.3 Å². The summed E-state index contributed by atoms with van der Waals surface area (Å²) < 4.78 is 0. The van der Waals surface area contributed by atoms with Gasteiger partial charge in [0, 0.05) is 0 Å². The van der Waals surface area contributed by atoms with Crippen molar-refractivity contribution in [2.45, 2.75) is 0 Å². The Morgan fingerprint density at radius 2 is 1.82 bits per heavy atom. The van der Waals surface area contributed by atoms with Crippen LogP contribution in [0.4, 0.5) is 0 Å². The van der Waals surface area contributed by atoms with Gasteiger partial charge in [-0.2, -0.15) is 0 Å². The van der Waals surface area contributed by atoms with Crippen molar-refractivity contribution >= 4 is 6.34 Å². The van der Waals surface area contributed by atoms with Crippen molar-refractivity contribution in [3.63, 3.8) is 0 Å². The third-order valence-electron chi connectivity index (χ3n) is 0.505. The fourth-order valence-corrected chi connectivity index (χ4v) is 0.216. The number of hydrazine groups is 2. The van der Waals surface area contributed by atoms with Gasteiger partial charge in [-0.15, -0.1) is 5.11 Å². The summed E-state index contributed by atoms with van der Waals surface area (Å²) in [6.07, 6.45) is 0.367. The summed E-state index contributed by atoms with van der Waals surface area (Å²) in [5.74, 6) is 0. The molecule has 0 spiro atoms. The van der Waals surface area contributed by atoms with E-state index in [2.05, 4.69) is 10.2 Å². The van der Waals surface area contributed by atoms with Crippen molar-refractivity contribution in [3.8, 4) is 0 Å². The molecule has 0 atom stereocenters. The van der Waals surface area contributed by atoms with E-state index in [4.69, 9.17) is 5.53 Å². The van der Waals surface area contributed by atoms with Gasteiger partial charge in [0.15, 0.2) is 15.2 Å². The standard InChI is InChI=1S/CH2N6O4/c2-3-1-4-5(6(8)9)7(10)11/h1-2H. The zero-order valence-corrected chi connectivity index (χ0v) is 4.95. The predicted octanol–water partition coefficient (Wildman–Crippen LogP) is -0.354. The van der Waals surface area contributed by atoms with Crippen LogP contribution >= 0.6 is 0 Å². The highest BCUT2D eigenvalue weighted by molar-refractivity contribution is 5.52. The van der Waals surface area contributed by atoms with Crippen LogP contribution in [0.15, 0.2) is 10.2 Å². The molecule has 0 amide bonds. The third kappa shape index (κ3) is 2.78. The van der Waals surface area contributed by atoms with Crippen LogP contribution in [0.1, 0.15) is 0 Å². The van der Waals surface area contributed by atoms with E-state index in [1.165, 1.54) is 0 Å². The molecule has 0 saturated heterocycles. The van der Waals surface area contributed by atoms with Crippen LogP contribution in [-0.2, 0) is 0 Å². The molecule has 0 bridgehead atoms. The van der Waals surface area contributed by atoms with Crippen molar-refractivity contribution < 1.29 is 10.1 Å². The van der Waals surface area contributed by atoms with E-state index in [0.29, 0.717) is 6.34 Å². The minimum atomic E-state index is -1.36. The first kappa shape index (κ1) is 8.87. The molecule has 0 radical (unpaired) electrons. The second kappa shape index (κ2) is 3.81. The number of hydrogen-bond acceptors (Lipinski definition) is 6. The second-order valence-electron chi connectivity index (χ2n) is 1.10. The smallest absolute Gasteiger partial charge is 0.300 e. The molecule has 0 aliphatic heterocycles. The molecule has 11 heavy (non-hydrogen) atoms. The van der Waals surface area contributed by atoms with Gasteiger partial charge in [0.05, 0.1) is 0 Å². The molecule has 0 aromatic carbocycles. The third-order valence-corrected chi connectivity index (χ3v) is 0.505. The van der Waals surface area contributed by atoms with Gasteiger partial charge in [0.2, 0.25) is 0 Å². The Morgan fingerprint density at radius 3 is 2.09 bits per heavy atom. The number of rotatable bonds is 4. The summed E-state index contributed by atoms with van der Waals surface area (Å²) in [6, 6.07) is 0. The lowest BCUT2D eigenvalue weighted by atomic mass is 11.4. The fraction of sp³-hybridized carbons (Fsp3) is 0. The maximum atomic E-state index is 9.72. The van der Waals surface area contributed by atoms with Crippen molar-refractivity contribution in [1.82, 2.24) is 5.23 Å². The molecule has 0 aliphatic rings. The van der Waals surface area contributed by atoms with Crippen molar-refractivity contribution in [3.05, 3.63) is 20.2 Å². The molecule has 1 N–H and O–H groups in total. The van der Waals surface area contributed by atoms with Crippen molar-refractivity contribution in [1.29, 1.82) is 5.53 Å². The Labute approximate surface area is 58.8 Å². The lowest BCUT2D eigenvalue weighted by Gasteiger charge is -1.93. The lowest BCUT2D eigenvalue weighted by Crippen LogP contribution is -2.30. The molecular weight excluding hydrogens is 160 g/mol. The second-order valence-corrected chi connectivity index (χ2v) is 1.10. The summed E-state index contributed by atoms with van der Waals surface area (Å²) in [6.45, 7) is 0. The summed E-state index contributed by atoms with van der Waals surface area (Å²) in [5, 5.41) is 21.1. The number of nitrogens with one attached hydrogen (secondary N) is 1.